The Morgan fingerprint density at radius 3 is 2.88 bits per heavy atom. The van der Waals surface area contributed by atoms with E-state index in [1.54, 1.807) is 19.9 Å². The van der Waals surface area contributed by atoms with Crippen LogP contribution < -0.4 is 11.1 Å². The molecule has 17 heavy (non-hydrogen) atoms. The standard InChI is InChI=1S/C10H13N5O2/c1-5-3-7(15-17-5)4-12-10(16)8-6(2)13-14-9(8)11/h3H,4H2,1-2H3,(H,12,16)(H3,11,13,14). The number of carbonyl (C=O) groups is 1. The van der Waals surface area contributed by atoms with Gasteiger partial charge in [0.2, 0.25) is 0 Å². The van der Waals surface area contributed by atoms with E-state index in [0.717, 1.165) is 0 Å². The van der Waals surface area contributed by atoms with Gasteiger partial charge in [-0.05, 0) is 13.8 Å². The number of nitrogen functional groups attached to an aromatic ring is 1. The fourth-order valence-electron chi connectivity index (χ4n) is 1.50. The minimum Gasteiger partial charge on any atom is -0.382 e. The molecular weight excluding hydrogens is 222 g/mol. The summed E-state index contributed by atoms with van der Waals surface area (Å²) >= 11 is 0. The summed E-state index contributed by atoms with van der Waals surface area (Å²) < 4.78 is 4.89. The van der Waals surface area contributed by atoms with Gasteiger partial charge in [0.25, 0.3) is 5.91 Å². The number of nitrogens with two attached hydrogens (primary N) is 1. The molecule has 4 N–H and O–H groups in total. The number of aromatic nitrogens is 3. The van der Waals surface area contributed by atoms with Gasteiger partial charge in [0.05, 0.1) is 6.54 Å². The molecule has 0 radical (unpaired) electrons. The average Bonchev–Trinajstić information content (AvgIpc) is 2.83. The zero-order valence-corrected chi connectivity index (χ0v) is 9.57. The Kier molecular flexibility index (Phi) is 2.82. The van der Waals surface area contributed by atoms with E-state index >= 15 is 0 Å². The van der Waals surface area contributed by atoms with Gasteiger partial charge in [-0.2, -0.15) is 5.10 Å². The number of nitrogens with zero attached hydrogens (tertiary/aromatic N) is 2. The Bertz CT molecular complexity index is 523. The predicted octanol–water partition coefficient (Wildman–Crippen LogP) is 0.527. The van der Waals surface area contributed by atoms with Crippen LogP contribution in [0.15, 0.2) is 10.6 Å². The predicted molar refractivity (Wildman–Crippen MR) is 60.1 cm³/mol. The molecule has 90 valence electrons. The van der Waals surface area contributed by atoms with E-state index in [0.29, 0.717) is 29.3 Å². The number of aryl methyl sites for hydroxylation is 2. The van der Waals surface area contributed by atoms with Crippen LogP contribution in [0.25, 0.3) is 0 Å². The molecule has 2 heterocycles. The first-order chi connectivity index (χ1) is 8.08. The van der Waals surface area contributed by atoms with E-state index in [2.05, 4.69) is 20.7 Å². The first kappa shape index (κ1) is 11.2. The summed E-state index contributed by atoms with van der Waals surface area (Å²) in [4.78, 5) is 11.8. The average molecular weight is 235 g/mol. The summed E-state index contributed by atoms with van der Waals surface area (Å²) in [7, 11) is 0. The van der Waals surface area contributed by atoms with Gasteiger partial charge in [0.15, 0.2) is 5.82 Å². The first-order valence-electron chi connectivity index (χ1n) is 5.08. The van der Waals surface area contributed by atoms with Crippen molar-refractivity contribution in [2.24, 2.45) is 0 Å². The highest BCUT2D eigenvalue weighted by Gasteiger charge is 2.15. The van der Waals surface area contributed by atoms with Crippen molar-refractivity contribution in [1.82, 2.24) is 20.7 Å². The van der Waals surface area contributed by atoms with Crippen molar-refractivity contribution in [3.63, 3.8) is 0 Å². The molecule has 2 aromatic rings. The molecule has 2 aromatic heterocycles. The van der Waals surface area contributed by atoms with Crippen LogP contribution in [-0.2, 0) is 6.54 Å². The third-order valence-corrected chi connectivity index (χ3v) is 2.31. The number of rotatable bonds is 3. The molecule has 0 aliphatic carbocycles. The van der Waals surface area contributed by atoms with Gasteiger partial charge in [-0.3, -0.25) is 9.89 Å². The maximum Gasteiger partial charge on any atom is 0.257 e. The fraction of sp³-hybridized carbons (Fsp3) is 0.300. The maximum absolute atomic E-state index is 11.8. The molecule has 0 saturated heterocycles. The van der Waals surface area contributed by atoms with Crippen molar-refractivity contribution in [3.05, 3.63) is 28.8 Å². The highest BCUT2D eigenvalue weighted by atomic mass is 16.5. The number of H-pyrrole nitrogens is 1. The molecule has 7 nitrogen and oxygen atoms in total. The molecule has 2 rings (SSSR count). The van der Waals surface area contributed by atoms with E-state index in [1.165, 1.54) is 0 Å². The fourth-order valence-corrected chi connectivity index (χ4v) is 1.50. The van der Waals surface area contributed by atoms with Crippen LogP contribution in [0.5, 0.6) is 0 Å². The second-order valence-electron chi connectivity index (χ2n) is 3.72. The zero-order chi connectivity index (χ0) is 12.4. The topological polar surface area (TPSA) is 110 Å². The largest absolute Gasteiger partial charge is 0.382 e. The molecule has 0 aromatic carbocycles. The highest BCUT2D eigenvalue weighted by Crippen LogP contribution is 2.12. The Balaban J connectivity index is 2.03. The molecule has 0 atom stereocenters. The van der Waals surface area contributed by atoms with Gasteiger partial charge in [-0.15, -0.1) is 0 Å². The summed E-state index contributed by atoms with van der Waals surface area (Å²) in [6.07, 6.45) is 0. The van der Waals surface area contributed by atoms with Gasteiger partial charge >= 0.3 is 0 Å². The van der Waals surface area contributed by atoms with Gasteiger partial charge in [-0.1, -0.05) is 5.16 Å². The zero-order valence-electron chi connectivity index (χ0n) is 9.57. The quantitative estimate of drug-likeness (QED) is 0.718. The highest BCUT2D eigenvalue weighted by molar-refractivity contribution is 5.99. The van der Waals surface area contributed by atoms with Crippen molar-refractivity contribution in [2.45, 2.75) is 20.4 Å². The number of amides is 1. The summed E-state index contributed by atoms with van der Waals surface area (Å²) in [5.74, 6) is 0.610. The van der Waals surface area contributed by atoms with Crippen molar-refractivity contribution in [1.29, 1.82) is 0 Å². The van der Waals surface area contributed by atoms with E-state index in [1.807, 2.05) is 0 Å². The van der Waals surface area contributed by atoms with E-state index in [-0.39, 0.29) is 11.7 Å². The summed E-state index contributed by atoms with van der Waals surface area (Å²) in [5.41, 5.74) is 7.24. The minimum absolute atomic E-state index is 0.191. The van der Waals surface area contributed by atoms with Gasteiger partial charge < -0.3 is 15.6 Å². The van der Waals surface area contributed by atoms with Gasteiger partial charge in [0.1, 0.15) is 17.0 Å². The van der Waals surface area contributed by atoms with Crippen LogP contribution in [0.1, 0.15) is 27.5 Å². The Morgan fingerprint density at radius 2 is 2.35 bits per heavy atom. The number of hydrogen-bond acceptors (Lipinski definition) is 5. The molecule has 0 unspecified atom stereocenters. The number of carbonyl (C=O) groups excluding carboxylic acids is 1. The second-order valence-corrected chi connectivity index (χ2v) is 3.72. The van der Waals surface area contributed by atoms with E-state index < -0.39 is 0 Å². The van der Waals surface area contributed by atoms with Crippen LogP contribution >= 0.6 is 0 Å². The smallest absolute Gasteiger partial charge is 0.257 e. The monoisotopic (exact) mass is 235 g/mol. The summed E-state index contributed by atoms with van der Waals surface area (Å²) in [5, 5.41) is 12.9. The number of anilines is 1. The Morgan fingerprint density at radius 1 is 1.59 bits per heavy atom. The lowest BCUT2D eigenvalue weighted by molar-refractivity contribution is 0.0950. The minimum atomic E-state index is -0.283. The second kappa shape index (κ2) is 4.28. The van der Waals surface area contributed by atoms with Crippen molar-refractivity contribution >= 4 is 11.7 Å². The van der Waals surface area contributed by atoms with Gasteiger partial charge in [-0.25, -0.2) is 0 Å². The van der Waals surface area contributed by atoms with Crippen LogP contribution in [0, 0.1) is 13.8 Å². The lowest BCUT2D eigenvalue weighted by atomic mass is 10.2. The molecule has 0 saturated carbocycles. The lowest BCUT2D eigenvalue weighted by Crippen LogP contribution is -2.24. The van der Waals surface area contributed by atoms with Crippen LogP contribution in [0.3, 0.4) is 0 Å². The molecule has 0 fully saturated rings. The summed E-state index contributed by atoms with van der Waals surface area (Å²) in [6.45, 7) is 3.81. The van der Waals surface area contributed by atoms with Crippen molar-refractivity contribution in [2.75, 3.05) is 5.73 Å². The maximum atomic E-state index is 11.8. The SMILES string of the molecule is Cc1cc(CNC(=O)c2c(N)n[nH]c2C)no1. The Labute approximate surface area is 97.4 Å². The van der Waals surface area contributed by atoms with Crippen LogP contribution in [-0.4, -0.2) is 21.3 Å². The number of nitrogens with one attached hydrogen (secondary N) is 2. The first-order valence-corrected chi connectivity index (χ1v) is 5.08. The molecule has 0 aliphatic heterocycles. The number of hydrogen-bond donors (Lipinski definition) is 3. The van der Waals surface area contributed by atoms with E-state index in [4.69, 9.17) is 10.3 Å². The van der Waals surface area contributed by atoms with Crippen molar-refractivity contribution in [3.8, 4) is 0 Å². The molecule has 1 amide bonds. The lowest BCUT2D eigenvalue weighted by Gasteiger charge is -2.02. The van der Waals surface area contributed by atoms with Crippen LogP contribution in [0.2, 0.25) is 0 Å². The number of aromatic amines is 1. The van der Waals surface area contributed by atoms with E-state index in [9.17, 15) is 4.79 Å². The molecular formula is C10H13N5O2. The molecule has 7 heteroatoms. The molecule has 0 bridgehead atoms. The molecule has 0 aliphatic rings. The normalized spacial score (nSPS) is 10.5. The third-order valence-electron chi connectivity index (χ3n) is 2.31. The van der Waals surface area contributed by atoms with Gasteiger partial charge in [0, 0.05) is 11.8 Å². The molecule has 0 spiro atoms. The van der Waals surface area contributed by atoms with Crippen LogP contribution in [0.4, 0.5) is 5.82 Å². The van der Waals surface area contributed by atoms with Crippen molar-refractivity contribution < 1.29 is 9.32 Å². The summed E-state index contributed by atoms with van der Waals surface area (Å²) in [6, 6.07) is 1.76. The third kappa shape index (κ3) is 2.27. The Hall–Kier alpha value is -2.31.